The van der Waals surface area contributed by atoms with E-state index in [-0.39, 0.29) is 57.8 Å². The van der Waals surface area contributed by atoms with Crippen molar-refractivity contribution in [3.05, 3.63) is 36.4 Å². The van der Waals surface area contributed by atoms with E-state index in [1.807, 2.05) is 20.4 Å². The number of aromatic hydroxyl groups is 1. The molecule has 0 spiro atoms. The third-order valence-corrected chi connectivity index (χ3v) is 5.24. The summed E-state index contributed by atoms with van der Waals surface area (Å²) in [4.78, 5) is 34.3. The summed E-state index contributed by atoms with van der Waals surface area (Å²) in [6.45, 7) is 5.71. The van der Waals surface area contributed by atoms with Crippen molar-refractivity contribution in [2.45, 2.75) is 36.1 Å². The minimum absolute atomic E-state index is 0. The first kappa shape index (κ1) is 22.8. The first-order valence-electron chi connectivity index (χ1n) is 7.49. The molecule has 26 heavy (non-hydrogen) atoms. The Morgan fingerprint density at radius 3 is 2.50 bits per heavy atom. The fraction of sp³-hybridized carbons (Fsp3) is 0.375. The summed E-state index contributed by atoms with van der Waals surface area (Å²) in [6.07, 6.45) is 0. The Kier molecular flexibility index (Phi) is 7.97. The molecule has 0 bridgehead atoms. The zero-order chi connectivity index (χ0) is 18.8. The van der Waals surface area contributed by atoms with E-state index in [1.54, 1.807) is 28.8 Å². The molecule has 0 aromatic heterocycles. The van der Waals surface area contributed by atoms with Crippen LogP contribution in [0.3, 0.4) is 0 Å². The van der Waals surface area contributed by atoms with Gasteiger partial charge in [-0.05, 0) is 17.7 Å². The molecule has 2 saturated heterocycles. The molecule has 5 N–H and O–H groups in total. The number of fused-ring (bicyclic) bond motifs is 1. The smallest absolute Gasteiger partial charge is 0.508 e. The molecule has 2 fully saturated rings. The van der Waals surface area contributed by atoms with Crippen LogP contribution in [0.15, 0.2) is 24.3 Å². The summed E-state index contributed by atoms with van der Waals surface area (Å²) in [6, 6.07) is 4.74. The second kappa shape index (κ2) is 9.09. The number of carboxylic acid groups (broad SMARTS) is 1. The van der Waals surface area contributed by atoms with Gasteiger partial charge in [0, 0.05) is 0 Å². The van der Waals surface area contributed by atoms with E-state index in [1.165, 1.54) is 12.1 Å². The Balaban J connectivity index is 0.000000791. The number of phenolic OH excluding ortho intramolecular Hbond substituents is 1. The minimum Gasteiger partial charge on any atom is -0.508 e. The topological polar surface area (TPSA) is 133 Å². The van der Waals surface area contributed by atoms with Gasteiger partial charge in [0.1, 0.15) is 17.8 Å². The summed E-state index contributed by atoms with van der Waals surface area (Å²) in [7, 11) is 0. The summed E-state index contributed by atoms with van der Waals surface area (Å²) in [5.74, 6) is -0.385. The molecule has 0 saturated carbocycles. The van der Waals surface area contributed by atoms with Gasteiger partial charge in [-0.25, -0.2) is 6.54 Å². The number of phenols is 1. The molecule has 2 heterocycles. The summed E-state index contributed by atoms with van der Waals surface area (Å²) in [5, 5.41) is 18.8. The Morgan fingerprint density at radius 2 is 1.96 bits per heavy atom. The van der Waals surface area contributed by atoms with E-state index < -0.39 is 18.0 Å². The van der Waals surface area contributed by atoms with E-state index in [0.717, 1.165) is 0 Å². The first-order chi connectivity index (χ1) is 11.7. The van der Waals surface area contributed by atoms with Crippen LogP contribution in [0.1, 0.15) is 25.5 Å². The van der Waals surface area contributed by atoms with Gasteiger partial charge in [0.05, 0.1) is 5.37 Å². The van der Waals surface area contributed by atoms with Crippen molar-refractivity contribution >= 4 is 30.0 Å². The average molecular weight is 389 g/mol. The number of rotatable bonds is 3. The van der Waals surface area contributed by atoms with E-state index in [2.05, 4.69) is 5.32 Å². The number of carbonyl (C=O) groups is 3. The number of hydrogen-bond acceptors (Lipinski definition) is 6. The normalized spacial score (nSPS) is 23.3. The molecule has 2 aliphatic rings. The van der Waals surface area contributed by atoms with Crippen molar-refractivity contribution in [1.29, 1.82) is 0 Å². The standard InChI is InChI=1S/C15H18N3O3S.CH2O2.Na/c1-15(2)7-18-13(21)11(14(18)22-15)17-12(20)10(16)8-3-5-9(19)6-4-8;2-1-3;/h3-7,10-11,14,19H,16H2,1-2H3,(H,17,20);1H,(H,2,3);/q-1;;+1/t10?,11-,14-;;/m1../s1. The summed E-state index contributed by atoms with van der Waals surface area (Å²) < 4.78 is -0.112. The number of nitrogens with two attached hydrogens (primary N) is 1. The van der Waals surface area contributed by atoms with Gasteiger partial charge in [0.2, 0.25) is 11.8 Å². The van der Waals surface area contributed by atoms with Gasteiger partial charge >= 0.3 is 29.6 Å². The number of nitrogens with zero attached hydrogens (tertiary/aromatic N) is 1. The third kappa shape index (κ3) is 4.92. The second-order valence-electron chi connectivity index (χ2n) is 6.15. The molecule has 1 unspecified atom stereocenters. The molecule has 1 aromatic rings. The monoisotopic (exact) mass is 389 g/mol. The maximum Gasteiger partial charge on any atom is 1.00 e. The van der Waals surface area contributed by atoms with Crippen LogP contribution in [0.2, 0.25) is 0 Å². The maximum absolute atomic E-state index is 12.2. The van der Waals surface area contributed by atoms with Crippen LogP contribution < -0.4 is 40.6 Å². The van der Waals surface area contributed by atoms with Crippen molar-refractivity contribution in [1.82, 2.24) is 10.2 Å². The molecule has 3 atom stereocenters. The van der Waals surface area contributed by atoms with Crippen molar-refractivity contribution in [2.24, 2.45) is 5.73 Å². The number of amides is 2. The largest absolute Gasteiger partial charge is 1.00 e. The Labute approximate surface area is 177 Å². The molecule has 8 nitrogen and oxygen atoms in total. The third-order valence-electron chi connectivity index (χ3n) is 3.79. The van der Waals surface area contributed by atoms with Crippen LogP contribution in [0.25, 0.3) is 0 Å². The first-order valence-corrected chi connectivity index (χ1v) is 8.37. The van der Waals surface area contributed by atoms with E-state index in [9.17, 15) is 14.7 Å². The Bertz CT molecular complexity index is 670. The molecule has 136 valence electrons. The number of carbonyl (C=O) groups excluding carboxylic acids is 2. The van der Waals surface area contributed by atoms with Crippen molar-refractivity contribution in [3.8, 4) is 5.75 Å². The fourth-order valence-corrected chi connectivity index (χ4v) is 4.03. The number of β-lactam (4-membered cyclic amide) rings is 1. The van der Waals surface area contributed by atoms with Crippen LogP contribution in [-0.2, 0) is 14.4 Å². The molecule has 10 heteroatoms. The zero-order valence-corrected chi connectivity index (χ0v) is 17.6. The second-order valence-corrected chi connectivity index (χ2v) is 7.92. The van der Waals surface area contributed by atoms with E-state index >= 15 is 0 Å². The van der Waals surface area contributed by atoms with Crippen molar-refractivity contribution in [3.63, 3.8) is 0 Å². The number of hydrogen-bond donors (Lipinski definition) is 4. The number of thioether (sulfide) groups is 1. The van der Waals surface area contributed by atoms with Crippen molar-refractivity contribution in [2.75, 3.05) is 0 Å². The fourth-order valence-electron chi connectivity index (χ4n) is 2.63. The molecule has 0 radical (unpaired) electrons. The van der Waals surface area contributed by atoms with Gasteiger partial charge < -0.3 is 26.2 Å². The number of benzene rings is 1. The van der Waals surface area contributed by atoms with Gasteiger partial charge in [0.15, 0.2) is 0 Å². The molecule has 1 aromatic carbocycles. The van der Waals surface area contributed by atoms with Gasteiger partial charge in [-0.3, -0.25) is 14.4 Å². The Hall–Kier alpha value is -1.26. The molecule has 0 aliphatic carbocycles. The van der Waals surface area contributed by atoms with Gasteiger partial charge in [-0.1, -0.05) is 30.7 Å². The minimum atomic E-state index is -0.870. The Morgan fingerprint density at radius 1 is 1.42 bits per heavy atom. The van der Waals surface area contributed by atoms with Gasteiger partial charge in [-0.2, -0.15) is 11.8 Å². The van der Waals surface area contributed by atoms with E-state index in [4.69, 9.17) is 15.6 Å². The molecule has 2 aliphatic heterocycles. The van der Waals surface area contributed by atoms with E-state index in [0.29, 0.717) is 5.56 Å². The van der Waals surface area contributed by atoms with Crippen LogP contribution in [0.4, 0.5) is 0 Å². The maximum atomic E-state index is 12.2. The quantitative estimate of drug-likeness (QED) is 0.193. The summed E-state index contributed by atoms with van der Waals surface area (Å²) in [5.41, 5.74) is 6.51. The summed E-state index contributed by atoms with van der Waals surface area (Å²) >= 11 is 1.64. The molecular formula is C16H20N3NaO5S. The SMILES string of the molecule is CC1(C)[CH-]N2C(=O)[C@@H](NC(=O)C(N)c3ccc(O)cc3)[C@H]2S1.O=CO.[Na+]. The van der Waals surface area contributed by atoms with Crippen LogP contribution in [-0.4, -0.2) is 49.6 Å². The van der Waals surface area contributed by atoms with Gasteiger partial charge in [-0.15, -0.1) is 0 Å². The van der Waals surface area contributed by atoms with Gasteiger partial charge in [0.25, 0.3) is 6.47 Å². The van der Waals surface area contributed by atoms with Crippen molar-refractivity contribution < 1.29 is 54.2 Å². The van der Waals surface area contributed by atoms with Crippen LogP contribution in [0.5, 0.6) is 5.75 Å². The predicted octanol–water partition coefficient (Wildman–Crippen LogP) is -2.56. The van der Waals surface area contributed by atoms with Crippen LogP contribution in [0, 0.1) is 6.54 Å². The number of nitrogens with one attached hydrogen (secondary N) is 1. The molecule has 3 rings (SSSR count). The molecular weight excluding hydrogens is 369 g/mol. The molecule has 2 amide bonds. The average Bonchev–Trinajstić information content (AvgIpc) is 2.85. The van der Waals surface area contributed by atoms with Crippen LogP contribution >= 0.6 is 11.8 Å². The predicted molar refractivity (Wildman–Crippen MR) is 92.3 cm³/mol. The zero-order valence-electron chi connectivity index (χ0n) is 14.7.